The molecule has 4 saturated carbocycles. The van der Waals surface area contributed by atoms with E-state index in [-0.39, 0.29) is 5.41 Å². The van der Waals surface area contributed by atoms with Crippen LogP contribution in [0.25, 0.3) is 0 Å². The first-order valence-electron chi connectivity index (χ1n) is 4.92. The fourth-order valence-electron chi connectivity index (χ4n) is 4.13. The molecule has 0 amide bonds. The largest absolute Gasteiger partial charge is 0.550 e. The Kier molecular flexibility index (Phi) is 1.07. The third kappa shape index (κ3) is 0.606. The van der Waals surface area contributed by atoms with Crippen LogP contribution in [0.4, 0.5) is 0 Å². The summed E-state index contributed by atoms with van der Waals surface area (Å²) in [5.41, 5.74) is -0.367. The summed E-state index contributed by atoms with van der Waals surface area (Å²) in [6.07, 6.45) is 5.49. The molecule has 2 unspecified atom stereocenters. The fraction of sp³-hybridized carbons (Fsp3) is 0.900. The zero-order valence-corrected chi connectivity index (χ0v) is 7.08. The van der Waals surface area contributed by atoms with Gasteiger partial charge in [0.05, 0.1) is 0 Å². The predicted molar refractivity (Wildman–Crippen MR) is 41.0 cm³/mol. The summed E-state index contributed by atoms with van der Waals surface area (Å²) in [6.45, 7) is 0. The molecule has 4 atom stereocenters. The molecular formula is C10H13O2-. The zero-order valence-electron chi connectivity index (χ0n) is 7.08. The van der Waals surface area contributed by atoms with Crippen LogP contribution in [-0.2, 0) is 4.79 Å². The Morgan fingerprint density at radius 2 is 1.75 bits per heavy atom. The first-order chi connectivity index (χ1) is 5.71. The van der Waals surface area contributed by atoms with Gasteiger partial charge in [-0.3, -0.25) is 0 Å². The van der Waals surface area contributed by atoms with Gasteiger partial charge in [-0.15, -0.1) is 0 Å². The van der Waals surface area contributed by atoms with Crippen molar-refractivity contribution in [1.29, 1.82) is 0 Å². The number of aliphatic carboxylic acids is 1. The summed E-state index contributed by atoms with van der Waals surface area (Å²) in [5, 5.41) is 11.1. The van der Waals surface area contributed by atoms with E-state index in [1.54, 1.807) is 0 Å². The Morgan fingerprint density at radius 1 is 1.17 bits per heavy atom. The number of carboxylic acid groups (broad SMARTS) is 1. The second kappa shape index (κ2) is 1.86. The minimum absolute atomic E-state index is 0.367. The molecule has 0 aromatic carbocycles. The topological polar surface area (TPSA) is 40.1 Å². The molecule has 66 valence electrons. The van der Waals surface area contributed by atoms with Crippen molar-refractivity contribution in [3.8, 4) is 0 Å². The molecule has 4 aliphatic carbocycles. The summed E-state index contributed by atoms with van der Waals surface area (Å²) >= 11 is 0. The normalized spacial score (nSPS) is 54.8. The molecule has 2 nitrogen and oxygen atoms in total. The molecular weight excluding hydrogens is 152 g/mol. The second-order valence-electron chi connectivity index (χ2n) is 4.99. The van der Waals surface area contributed by atoms with Gasteiger partial charge < -0.3 is 9.90 Å². The van der Waals surface area contributed by atoms with Crippen LogP contribution >= 0.6 is 0 Å². The summed E-state index contributed by atoms with van der Waals surface area (Å²) in [5.74, 6) is 1.17. The molecule has 4 aliphatic rings. The smallest absolute Gasteiger partial charge is 0.0479 e. The summed E-state index contributed by atoms with van der Waals surface area (Å²) < 4.78 is 0. The lowest BCUT2D eigenvalue weighted by molar-refractivity contribution is -0.321. The van der Waals surface area contributed by atoms with E-state index in [9.17, 15) is 9.90 Å². The number of carboxylic acids is 1. The number of carbonyl (C=O) groups is 1. The Bertz CT molecular complexity index is 232. The molecule has 0 aliphatic heterocycles. The zero-order chi connectivity index (χ0) is 8.34. The van der Waals surface area contributed by atoms with E-state index in [4.69, 9.17) is 0 Å². The van der Waals surface area contributed by atoms with E-state index in [0.29, 0.717) is 5.92 Å². The Morgan fingerprint density at radius 3 is 2.17 bits per heavy atom. The van der Waals surface area contributed by atoms with Gasteiger partial charge in [-0.25, -0.2) is 0 Å². The highest BCUT2D eigenvalue weighted by Gasteiger charge is 2.58. The molecule has 0 aromatic rings. The highest BCUT2D eigenvalue weighted by Crippen LogP contribution is 2.65. The van der Waals surface area contributed by atoms with Crippen molar-refractivity contribution in [1.82, 2.24) is 0 Å². The van der Waals surface area contributed by atoms with Crippen LogP contribution in [0.3, 0.4) is 0 Å². The van der Waals surface area contributed by atoms with Crippen molar-refractivity contribution in [3.63, 3.8) is 0 Å². The molecule has 4 fully saturated rings. The fourth-order valence-corrected chi connectivity index (χ4v) is 4.13. The lowest BCUT2D eigenvalue weighted by atomic mass is 9.76. The third-order valence-corrected chi connectivity index (χ3v) is 4.40. The highest BCUT2D eigenvalue weighted by atomic mass is 16.4. The minimum Gasteiger partial charge on any atom is -0.550 e. The number of rotatable bonds is 1. The van der Waals surface area contributed by atoms with Crippen molar-refractivity contribution in [2.24, 2.45) is 23.2 Å². The van der Waals surface area contributed by atoms with Gasteiger partial charge in [0, 0.05) is 11.4 Å². The molecule has 0 N–H and O–H groups in total. The van der Waals surface area contributed by atoms with E-state index < -0.39 is 5.97 Å². The second-order valence-corrected chi connectivity index (χ2v) is 4.99. The summed E-state index contributed by atoms with van der Waals surface area (Å²) in [7, 11) is 0. The SMILES string of the molecule is O=C([O-])C12C[C@@H]3CC1C[C@@H](C3)C2. The maximum absolute atomic E-state index is 11.1. The van der Waals surface area contributed by atoms with Crippen LogP contribution < -0.4 is 5.11 Å². The Balaban J connectivity index is 2.03. The van der Waals surface area contributed by atoms with Crippen LogP contribution in [0.5, 0.6) is 0 Å². The van der Waals surface area contributed by atoms with Crippen molar-refractivity contribution in [2.45, 2.75) is 32.1 Å². The maximum atomic E-state index is 11.1. The lowest BCUT2D eigenvalue weighted by Gasteiger charge is -2.33. The average Bonchev–Trinajstić information content (AvgIpc) is 2.37. The molecule has 0 saturated heterocycles. The summed E-state index contributed by atoms with van der Waals surface area (Å²) in [4.78, 5) is 11.1. The molecule has 12 heavy (non-hydrogen) atoms. The van der Waals surface area contributed by atoms with Gasteiger partial charge in [0.1, 0.15) is 0 Å². The van der Waals surface area contributed by atoms with Gasteiger partial charge in [0.25, 0.3) is 0 Å². The molecule has 0 heterocycles. The van der Waals surface area contributed by atoms with Gasteiger partial charge in [-0.05, 0) is 49.9 Å². The first-order valence-corrected chi connectivity index (χ1v) is 4.92. The van der Waals surface area contributed by atoms with Crippen LogP contribution in [0, 0.1) is 23.2 Å². The van der Waals surface area contributed by atoms with E-state index in [2.05, 4.69) is 0 Å². The first kappa shape index (κ1) is 6.93. The van der Waals surface area contributed by atoms with Gasteiger partial charge in [0.15, 0.2) is 0 Å². The van der Waals surface area contributed by atoms with E-state index in [1.807, 2.05) is 0 Å². The van der Waals surface area contributed by atoms with E-state index >= 15 is 0 Å². The Labute approximate surface area is 72.0 Å². The van der Waals surface area contributed by atoms with Crippen LogP contribution in [0.15, 0.2) is 0 Å². The minimum atomic E-state index is -0.753. The summed E-state index contributed by atoms with van der Waals surface area (Å²) in [6, 6.07) is 0. The molecule has 0 aromatic heterocycles. The van der Waals surface area contributed by atoms with Crippen molar-refractivity contribution >= 4 is 5.97 Å². The van der Waals surface area contributed by atoms with Gasteiger partial charge in [-0.1, -0.05) is 0 Å². The molecule has 4 bridgehead atoms. The van der Waals surface area contributed by atoms with Gasteiger partial charge in [-0.2, -0.15) is 0 Å². The third-order valence-electron chi connectivity index (χ3n) is 4.40. The van der Waals surface area contributed by atoms with Crippen molar-refractivity contribution in [2.75, 3.05) is 0 Å². The van der Waals surface area contributed by atoms with Crippen LogP contribution in [0.1, 0.15) is 32.1 Å². The van der Waals surface area contributed by atoms with Crippen molar-refractivity contribution in [3.05, 3.63) is 0 Å². The number of hydrogen-bond donors (Lipinski definition) is 0. The average molecular weight is 165 g/mol. The number of carbonyl (C=O) groups excluding carboxylic acids is 1. The van der Waals surface area contributed by atoms with E-state index in [0.717, 1.165) is 24.7 Å². The van der Waals surface area contributed by atoms with Crippen LogP contribution in [0.2, 0.25) is 0 Å². The maximum Gasteiger partial charge on any atom is 0.0479 e. The molecule has 4 rings (SSSR count). The highest BCUT2D eigenvalue weighted by molar-refractivity contribution is 5.74. The van der Waals surface area contributed by atoms with E-state index in [1.165, 1.54) is 19.3 Å². The Hall–Kier alpha value is -0.530. The van der Waals surface area contributed by atoms with Crippen molar-refractivity contribution < 1.29 is 9.90 Å². The standard InChI is InChI=1S/C10H14O2/c11-9(12)10-4-6-1-7(5-10)3-8(10)2-6/h6-8H,1-5H2,(H,11,12)/p-1/t6-,7+,8?,10?. The lowest BCUT2D eigenvalue weighted by Crippen LogP contribution is -2.43. The van der Waals surface area contributed by atoms with Gasteiger partial charge >= 0.3 is 0 Å². The van der Waals surface area contributed by atoms with Gasteiger partial charge in [0.2, 0.25) is 0 Å². The monoisotopic (exact) mass is 165 g/mol. The quantitative estimate of drug-likeness (QED) is 0.569. The number of hydrogen-bond acceptors (Lipinski definition) is 2. The molecule has 0 spiro atoms. The predicted octanol–water partition coefficient (Wildman–Crippen LogP) is 0.563. The van der Waals surface area contributed by atoms with Crippen LogP contribution in [-0.4, -0.2) is 5.97 Å². The molecule has 0 radical (unpaired) electrons. The molecule has 2 heteroatoms.